The highest BCUT2D eigenvalue weighted by Gasteiger charge is 2.55. The Balaban J connectivity index is 0.000000139. The van der Waals surface area contributed by atoms with Crippen LogP contribution in [0.5, 0.6) is 0 Å². The summed E-state index contributed by atoms with van der Waals surface area (Å²) in [6.45, 7) is 8.59. The maximum atomic E-state index is 5.37. The van der Waals surface area contributed by atoms with Gasteiger partial charge in [-0.1, -0.05) is 18.7 Å². The molecule has 2 aromatic rings. The van der Waals surface area contributed by atoms with Gasteiger partial charge in [0.05, 0.1) is 0 Å². The maximum absolute atomic E-state index is 5.37. The third-order valence-electron chi connectivity index (χ3n) is 11.4. The molecule has 0 radical (unpaired) electrons. The predicted octanol–water partition coefficient (Wildman–Crippen LogP) is 7.55. The van der Waals surface area contributed by atoms with Crippen molar-refractivity contribution in [1.82, 2.24) is 29.5 Å². The molecule has 210 valence electrons. The highest BCUT2D eigenvalue weighted by Crippen LogP contribution is 2.61. The van der Waals surface area contributed by atoms with Crippen molar-refractivity contribution in [3.05, 3.63) is 16.4 Å². The lowest BCUT2D eigenvalue weighted by atomic mass is 9.49. The number of rotatable bonds is 6. The number of H-pyrrole nitrogens is 1. The first-order chi connectivity index (χ1) is 18.4. The van der Waals surface area contributed by atoms with Gasteiger partial charge in [0.15, 0.2) is 9.93 Å². The van der Waals surface area contributed by atoms with E-state index >= 15 is 0 Å². The quantitative estimate of drug-likeness (QED) is 0.293. The number of thioether (sulfide) groups is 1. The number of aromatic nitrogens is 6. The first-order valence-electron chi connectivity index (χ1n) is 15.7. The van der Waals surface area contributed by atoms with E-state index in [9.17, 15) is 0 Å². The molecule has 8 fully saturated rings. The maximum Gasteiger partial charge on any atom is 0.195 e. The Bertz CT molecular complexity index is 1160. The van der Waals surface area contributed by atoms with Gasteiger partial charge in [0.25, 0.3) is 0 Å². The summed E-state index contributed by atoms with van der Waals surface area (Å²) in [6, 6.07) is 0. The van der Waals surface area contributed by atoms with E-state index in [4.69, 9.17) is 12.2 Å². The van der Waals surface area contributed by atoms with Crippen LogP contribution in [-0.2, 0) is 23.9 Å². The summed E-state index contributed by atoms with van der Waals surface area (Å²) in [4.78, 5) is 0. The molecule has 2 heterocycles. The lowest BCUT2D eigenvalue weighted by Gasteiger charge is -2.56. The molecule has 6 nitrogen and oxygen atoms in total. The first kappa shape index (κ1) is 25.8. The number of nitrogens with one attached hydrogen (secondary N) is 1. The molecule has 38 heavy (non-hydrogen) atoms. The van der Waals surface area contributed by atoms with Crippen LogP contribution in [0.2, 0.25) is 0 Å². The van der Waals surface area contributed by atoms with Gasteiger partial charge in [-0.05, 0) is 144 Å². The Morgan fingerprint density at radius 3 is 1.61 bits per heavy atom. The van der Waals surface area contributed by atoms with Gasteiger partial charge in [-0.3, -0.25) is 5.10 Å². The van der Waals surface area contributed by atoms with E-state index in [2.05, 4.69) is 50.3 Å². The molecule has 8 saturated carbocycles. The molecular weight excluding hydrogens is 509 g/mol. The predicted molar refractivity (Wildman–Crippen MR) is 157 cm³/mol. The van der Waals surface area contributed by atoms with Crippen LogP contribution in [0.3, 0.4) is 0 Å². The Labute approximate surface area is 239 Å². The molecular formula is C30H48N6S2. The average Bonchev–Trinajstić information content (AvgIpc) is 3.46. The summed E-state index contributed by atoms with van der Waals surface area (Å²) in [5, 5.41) is 18.0. The highest BCUT2D eigenvalue weighted by molar-refractivity contribution is 7.99. The Hall–Kier alpha value is -1.15. The number of nitrogens with zero attached hydrogens (tertiary/aromatic N) is 5. The van der Waals surface area contributed by atoms with Crippen LogP contribution in [0, 0.1) is 40.3 Å². The summed E-state index contributed by atoms with van der Waals surface area (Å²) >= 11 is 7.21. The lowest BCUT2D eigenvalue weighted by Crippen LogP contribution is -2.49. The van der Waals surface area contributed by atoms with Crippen LogP contribution in [0.4, 0.5) is 0 Å². The monoisotopic (exact) mass is 557 g/mol. The lowest BCUT2D eigenvalue weighted by molar-refractivity contribution is -0.0113. The summed E-state index contributed by atoms with van der Waals surface area (Å²) in [7, 11) is 0. The van der Waals surface area contributed by atoms with Crippen LogP contribution in [0.15, 0.2) is 5.16 Å². The SMILES string of the molecule is CCSc1nnc(C23CC4CC(CC(C4)C2)C3)n1CC.CCn1c(C23CC4CC(CC(C4)C2)C3)n[nH]c1=S.[2HH]. The van der Waals surface area contributed by atoms with Crippen LogP contribution in [0.1, 0.15) is 111 Å². The van der Waals surface area contributed by atoms with Crippen LogP contribution in [0.25, 0.3) is 0 Å². The van der Waals surface area contributed by atoms with Gasteiger partial charge >= 0.3 is 0 Å². The molecule has 0 spiro atoms. The topological polar surface area (TPSA) is 64.3 Å². The molecule has 8 heteroatoms. The summed E-state index contributed by atoms with van der Waals surface area (Å²) < 4.78 is 5.47. The molecule has 0 amide bonds. The summed E-state index contributed by atoms with van der Waals surface area (Å²) in [5.74, 6) is 9.51. The second-order valence-corrected chi connectivity index (χ2v) is 15.6. The fourth-order valence-corrected chi connectivity index (χ4v) is 12.0. The molecule has 8 bridgehead atoms. The van der Waals surface area contributed by atoms with Crippen molar-refractivity contribution >= 4 is 24.0 Å². The number of aromatic amines is 1. The Morgan fingerprint density at radius 2 is 1.18 bits per heavy atom. The zero-order chi connectivity index (χ0) is 26.1. The largest absolute Gasteiger partial charge is 0.306 e. The van der Waals surface area contributed by atoms with Crippen molar-refractivity contribution in [2.75, 3.05) is 5.75 Å². The van der Waals surface area contributed by atoms with Gasteiger partial charge < -0.3 is 9.13 Å². The van der Waals surface area contributed by atoms with Gasteiger partial charge in [-0.15, -0.1) is 10.2 Å². The van der Waals surface area contributed by atoms with E-state index in [1.807, 2.05) is 11.8 Å². The molecule has 0 aromatic carbocycles. The van der Waals surface area contributed by atoms with E-state index in [1.165, 1.54) is 88.7 Å². The Kier molecular flexibility index (Phi) is 6.61. The number of hydrogen-bond acceptors (Lipinski definition) is 5. The molecule has 8 aliphatic carbocycles. The second-order valence-electron chi connectivity index (χ2n) is 14.0. The normalized spacial score (nSPS) is 40.0. The third kappa shape index (κ3) is 4.17. The van der Waals surface area contributed by atoms with E-state index in [0.717, 1.165) is 64.3 Å². The zero-order valence-corrected chi connectivity index (χ0v) is 25.3. The molecule has 10 rings (SSSR count). The van der Waals surface area contributed by atoms with Crippen LogP contribution < -0.4 is 0 Å². The van der Waals surface area contributed by atoms with Crippen molar-refractivity contribution in [1.29, 1.82) is 0 Å². The molecule has 2 aromatic heterocycles. The minimum Gasteiger partial charge on any atom is -0.306 e. The third-order valence-corrected chi connectivity index (χ3v) is 12.6. The van der Waals surface area contributed by atoms with E-state index < -0.39 is 0 Å². The molecule has 1 N–H and O–H groups in total. The fourth-order valence-electron chi connectivity index (χ4n) is 11.0. The van der Waals surface area contributed by atoms with E-state index in [0.29, 0.717) is 10.8 Å². The second kappa shape index (κ2) is 9.74. The van der Waals surface area contributed by atoms with Gasteiger partial charge in [0, 0.05) is 25.3 Å². The van der Waals surface area contributed by atoms with Crippen molar-refractivity contribution in [3.63, 3.8) is 0 Å². The standard InChI is InChI=1S/C16H25N3S.C14H21N3S.H2/c1-3-19-14(17-18-15(19)20-4-2)16-8-11-5-12(9-16)7-13(6-11)10-16;1-2-17-12(15-16-13(17)18)14-6-9-3-10(7-14)5-11(4-9)8-14;/h11-13H,3-10H2,1-2H3;9-11H,2-8H2,1H3,(H,16,18);1H/i;;1+1. The van der Waals surface area contributed by atoms with E-state index in [-0.39, 0.29) is 1.43 Å². The minimum absolute atomic E-state index is 0. The minimum atomic E-state index is 0. The van der Waals surface area contributed by atoms with Crippen LogP contribution >= 0.6 is 24.0 Å². The first-order valence-corrected chi connectivity index (χ1v) is 17.1. The van der Waals surface area contributed by atoms with Gasteiger partial charge in [0.2, 0.25) is 0 Å². The van der Waals surface area contributed by atoms with Gasteiger partial charge in [0.1, 0.15) is 11.6 Å². The summed E-state index contributed by atoms with van der Waals surface area (Å²) in [5.41, 5.74) is 0.739. The van der Waals surface area contributed by atoms with Crippen molar-refractivity contribution in [2.24, 2.45) is 35.5 Å². The van der Waals surface area contributed by atoms with E-state index in [1.54, 1.807) is 0 Å². The molecule has 0 unspecified atom stereocenters. The zero-order valence-electron chi connectivity index (χ0n) is 23.6. The highest BCUT2D eigenvalue weighted by atomic mass is 32.2. The van der Waals surface area contributed by atoms with Crippen LogP contribution in [-0.4, -0.2) is 35.3 Å². The Morgan fingerprint density at radius 1 is 0.737 bits per heavy atom. The smallest absolute Gasteiger partial charge is 0.195 e. The van der Waals surface area contributed by atoms with Gasteiger partial charge in [-0.2, -0.15) is 5.10 Å². The summed E-state index contributed by atoms with van der Waals surface area (Å²) in [6.07, 6.45) is 17.2. The fraction of sp³-hybridized carbons (Fsp3) is 0.867. The molecule has 0 atom stereocenters. The van der Waals surface area contributed by atoms with Gasteiger partial charge in [-0.25, -0.2) is 0 Å². The average molecular weight is 558 g/mol. The van der Waals surface area contributed by atoms with Crippen molar-refractivity contribution in [2.45, 2.75) is 127 Å². The molecule has 0 saturated heterocycles. The van der Waals surface area contributed by atoms with Crippen molar-refractivity contribution in [3.8, 4) is 0 Å². The van der Waals surface area contributed by atoms with Crippen molar-refractivity contribution < 1.29 is 1.43 Å². The molecule has 8 aliphatic rings. The number of hydrogen-bond donors (Lipinski definition) is 1. The molecule has 0 aliphatic heterocycles.